The Labute approximate surface area is 198 Å². The Bertz CT molecular complexity index is 1200. The second kappa shape index (κ2) is 10.3. The van der Waals surface area contributed by atoms with Gasteiger partial charge < -0.3 is 15.5 Å². The van der Waals surface area contributed by atoms with E-state index < -0.39 is 4.92 Å². The standard InChI is InChI=1S/C26H29N5O3/c1-30(2)24-17-25(29-23-6-4-3-5-22(23)24)27-19-10-12-20(13-11-19)28-26(32)16-9-18-7-14-21(15-8-18)31(33)34/h3-9,14-17,19-20H,10-13H2,1-2H3,(H,27,29)(H,28,32)/b16-9+/t19-,20+. The first-order chi connectivity index (χ1) is 16.4. The quantitative estimate of drug-likeness (QED) is 0.300. The number of carbonyl (C=O) groups is 1. The van der Waals surface area contributed by atoms with Crippen LogP contribution in [-0.2, 0) is 4.79 Å². The van der Waals surface area contributed by atoms with Gasteiger partial charge in [-0.25, -0.2) is 4.98 Å². The number of nitrogens with zero attached hydrogens (tertiary/aromatic N) is 3. The Balaban J connectivity index is 1.29. The highest BCUT2D eigenvalue weighted by Gasteiger charge is 2.22. The molecule has 8 heteroatoms. The average molecular weight is 460 g/mol. The van der Waals surface area contributed by atoms with Crippen LogP contribution in [0.1, 0.15) is 31.2 Å². The summed E-state index contributed by atoms with van der Waals surface area (Å²) in [6.45, 7) is 0. The summed E-state index contributed by atoms with van der Waals surface area (Å²) in [6.07, 6.45) is 6.82. The lowest BCUT2D eigenvalue weighted by atomic mass is 9.91. The van der Waals surface area contributed by atoms with Crippen LogP contribution < -0.4 is 15.5 Å². The molecule has 3 aromatic rings. The summed E-state index contributed by atoms with van der Waals surface area (Å²) < 4.78 is 0. The number of benzene rings is 2. The third-order valence-corrected chi connectivity index (χ3v) is 6.13. The molecule has 1 amide bonds. The lowest BCUT2D eigenvalue weighted by Gasteiger charge is -2.30. The van der Waals surface area contributed by atoms with Crippen LogP contribution in [0.4, 0.5) is 17.2 Å². The van der Waals surface area contributed by atoms with E-state index in [2.05, 4.69) is 27.7 Å². The van der Waals surface area contributed by atoms with Crippen LogP contribution in [-0.4, -0.2) is 42.0 Å². The van der Waals surface area contributed by atoms with Gasteiger partial charge in [0.1, 0.15) is 5.82 Å². The van der Waals surface area contributed by atoms with Gasteiger partial charge in [-0.05, 0) is 55.5 Å². The molecule has 1 saturated carbocycles. The summed E-state index contributed by atoms with van der Waals surface area (Å²) in [4.78, 5) is 29.5. The van der Waals surface area contributed by atoms with Crippen molar-refractivity contribution in [3.8, 4) is 0 Å². The van der Waals surface area contributed by atoms with E-state index in [4.69, 9.17) is 4.98 Å². The van der Waals surface area contributed by atoms with Crippen LogP contribution in [0.15, 0.2) is 60.7 Å². The molecule has 176 valence electrons. The maximum Gasteiger partial charge on any atom is 0.269 e. The smallest absolute Gasteiger partial charge is 0.269 e. The van der Waals surface area contributed by atoms with Crippen LogP contribution in [0.3, 0.4) is 0 Å². The number of non-ortho nitro benzene ring substituents is 1. The number of hydrogen-bond acceptors (Lipinski definition) is 6. The van der Waals surface area contributed by atoms with Crippen molar-refractivity contribution in [1.29, 1.82) is 0 Å². The van der Waals surface area contributed by atoms with E-state index in [1.54, 1.807) is 18.2 Å². The molecule has 34 heavy (non-hydrogen) atoms. The van der Waals surface area contributed by atoms with E-state index in [0.29, 0.717) is 6.04 Å². The average Bonchev–Trinajstić information content (AvgIpc) is 2.83. The molecule has 1 fully saturated rings. The number of nitro groups is 1. The third-order valence-electron chi connectivity index (χ3n) is 6.13. The van der Waals surface area contributed by atoms with Gasteiger partial charge in [0, 0.05) is 61.5 Å². The molecule has 0 radical (unpaired) electrons. The molecular weight excluding hydrogens is 430 g/mol. The summed E-state index contributed by atoms with van der Waals surface area (Å²) in [7, 11) is 4.07. The number of anilines is 2. The predicted octanol–water partition coefficient (Wildman–Crippen LogP) is 4.76. The zero-order valence-corrected chi connectivity index (χ0v) is 19.4. The third kappa shape index (κ3) is 5.70. The Morgan fingerprint density at radius 2 is 1.74 bits per heavy atom. The van der Waals surface area contributed by atoms with E-state index in [-0.39, 0.29) is 17.6 Å². The molecule has 0 unspecified atom stereocenters. The topological polar surface area (TPSA) is 100 Å². The Morgan fingerprint density at radius 3 is 2.41 bits per heavy atom. The first-order valence-electron chi connectivity index (χ1n) is 11.5. The molecule has 0 spiro atoms. The molecule has 0 saturated heterocycles. The van der Waals surface area contributed by atoms with Gasteiger partial charge in [-0.3, -0.25) is 14.9 Å². The number of aromatic nitrogens is 1. The minimum Gasteiger partial charge on any atom is -0.377 e. The van der Waals surface area contributed by atoms with Crippen molar-refractivity contribution in [2.75, 3.05) is 24.3 Å². The van der Waals surface area contributed by atoms with Gasteiger partial charge in [0.25, 0.3) is 5.69 Å². The molecule has 8 nitrogen and oxygen atoms in total. The number of rotatable bonds is 7. The molecule has 0 atom stereocenters. The van der Waals surface area contributed by atoms with Crippen molar-refractivity contribution < 1.29 is 9.72 Å². The zero-order valence-electron chi connectivity index (χ0n) is 19.4. The van der Waals surface area contributed by atoms with Gasteiger partial charge in [0.15, 0.2) is 0 Å². The largest absolute Gasteiger partial charge is 0.377 e. The summed E-state index contributed by atoms with van der Waals surface area (Å²) >= 11 is 0. The lowest BCUT2D eigenvalue weighted by molar-refractivity contribution is -0.384. The fourth-order valence-electron chi connectivity index (χ4n) is 4.32. The second-order valence-electron chi connectivity index (χ2n) is 8.82. The Kier molecular flexibility index (Phi) is 7.06. The van der Waals surface area contributed by atoms with Crippen LogP contribution in [0.2, 0.25) is 0 Å². The van der Waals surface area contributed by atoms with Crippen molar-refractivity contribution in [1.82, 2.24) is 10.3 Å². The molecule has 1 aliphatic rings. The van der Waals surface area contributed by atoms with Gasteiger partial charge in [-0.1, -0.05) is 18.2 Å². The van der Waals surface area contributed by atoms with Crippen molar-refractivity contribution in [2.24, 2.45) is 0 Å². The van der Waals surface area contributed by atoms with Crippen molar-refractivity contribution >= 4 is 40.1 Å². The first kappa shape index (κ1) is 23.2. The number of fused-ring (bicyclic) bond motifs is 1. The van der Waals surface area contributed by atoms with Gasteiger partial charge in [0.05, 0.1) is 10.4 Å². The monoisotopic (exact) mass is 459 g/mol. The van der Waals surface area contributed by atoms with Crippen LogP contribution >= 0.6 is 0 Å². The number of nitrogens with one attached hydrogen (secondary N) is 2. The normalized spacial score (nSPS) is 18.1. The van der Waals surface area contributed by atoms with E-state index in [0.717, 1.165) is 53.7 Å². The maximum absolute atomic E-state index is 12.3. The number of carbonyl (C=O) groups excluding carboxylic acids is 1. The second-order valence-corrected chi connectivity index (χ2v) is 8.82. The Morgan fingerprint density at radius 1 is 1.06 bits per heavy atom. The minimum absolute atomic E-state index is 0.0313. The molecule has 1 heterocycles. The molecule has 2 aromatic carbocycles. The lowest BCUT2D eigenvalue weighted by Crippen LogP contribution is -2.39. The highest BCUT2D eigenvalue weighted by Crippen LogP contribution is 2.29. The van der Waals surface area contributed by atoms with Crippen LogP contribution in [0.5, 0.6) is 0 Å². The van der Waals surface area contributed by atoms with Crippen molar-refractivity contribution in [3.05, 3.63) is 76.4 Å². The van der Waals surface area contributed by atoms with Gasteiger partial charge >= 0.3 is 0 Å². The number of pyridine rings is 1. The fourth-order valence-corrected chi connectivity index (χ4v) is 4.32. The first-order valence-corrected chi connectivity index (χ1v) is 11.5. The van der Waals surface area contributed by atoms with E-state index in [9.17, 15) is 14.9 Å². The molecule has 1 aliphatic carbocycles. The van der Waals surface area contributed by atoms with Crippen molar-refractivity contribution in [3.63, 3.8) is 0 Å². The molecule has 4 rings (SSSR count). The number of hydrogen-bond donors (Lipinski definition) is 2. The zero-order chi connectivity index (χ0) is 24.1. The molecule has 0 aliphatic heterocycles. The Hall–Kier alpha value is -3.94. The highest BCUT2D eigenvalue weighted by atomic mass is 16.6. The van der Waals surface area contributed by atoms with Crippen molar-refractivity contribution in [2.45, 2.75) is 37.8 Å². The van der Waals surface area contributed by atoms with Gasteiger partial charge in [-0.2, -0.15) is 0 Å². The number of nitro benzene ring substituents is 1. The van der Waals surface area contributed by atoms with Crippen LogP contribution in [0.25, 0.3) is 17.0 Å². The van der Waals surface area contributed by atoms with E-state index in [1.807, 2.05) is 32.3 Å². The van der Waals surface area contributed by atoms with E-state index >= 15 is 0 Å². The fraction of sp³-hybridized carbons (Fsp3) is 0.308. The maximum atomic E-state index is 12.3. The van der Waals surface area contributed by atoms with E-state index in [1.165, 1.54) is 18.2 Å². The molecule has 2 N–H and O–H groups in total. The summed E-state index contributed by atoms with van der Waals surface area (Å²) in [5.41, 5.74) is 2.88. The van der Waals surface area contributed by atoms with Gasteiger partial charge in [0.2, 0.25) is 5.91 Å². The number of para-hydroxylation sites is 1. The molecule has 0 bridgehead atoms. The number of amides is 1. The minimum atomic E-state index is -0.442. The predicted molar refractivity (Wildman–Crippen MR) is 136 cm³/mol. The summed E-state index contributed by atoms with van der Waals surface area (Å²) in [6, 6.07) is 16.8. The summed E-state index contributed by atoms with van der Waals surface area (Å²) in [5, 5.41) is 18.5. The van der Waals surface area contributed by atoms with Gasteiger partial charge in [-0.15, -0.1) is 0 Å². The summed E-state index contributed by atoms with van der Waals surface area (Å²) in [5.74, 6) is 0.725. The molecular formula is C26H29N5O3. The van der Waals surface area contributed by atoms with Crippen LogP contribution in [0, 0.1) is 10.1 Å². The highest BCUT2D eigenvalue weighted by molar-refractivity contribution is 5.93. The molecule has 1 aromatic heterocycles. The SMILES string of the molecule is CN(C)c1cc(N[C@H]2CC[C@@H](NC(=O)/C=C/c3ccc([N+](=O)[O-])cc3)CC2)nc2ccccc12.